The van der Waals surface area contributed by atoms with Gasteiger partial charge in [-0.1, -0.05) is 6.07 Å². The normalized spacial score (nSPS) is 16.1. The molecule has 0 bridgehead atoms. The van der Waals surface area contributed by atoms with Crippen molar-refractivity contribution in [2.45, 2.75) is 30.7 Å². The van der Waals surface area contributed by atoms with Crippen molar-refractivity contribution < 1.29 is 8.42 Å². The maximum Gasteiger partial charge on any atom is 0.240 e. The summed E-state index contributed by atoms with van der Waals surface area (Å²) in [7, 11) is -1.93. The van der Waals surface area contributed by atoms with Crippen LogP contribution in [0, 0.1) is 6.92 Å². The molecular formula is C11H16N2O2S. The van der Waals surface area contributed by atoms with Gasteiger partial charge in [-0.3, -0.25) is 0 Å². The topological polar surface area (TPSA) is 58.2 Å². The molecule has 16 heavy (non-hydrogen) atoms. The number of hydrogen-bond donors (Lipinski definition) is 2. The van der Waals surface area contributed by atoms with Crippen LogP contribution in [0.4, 0.5) is 5.69 Å². The molecule has 5 heteroatoms. The Bertz CT molecular complexity index is 493. The lowest BCUT2D eigenvalue weighted by Gasteiger charge is -2.10. The molecule has 0 unspecified atom stereocenters. The molecule has 0 saturated heterocycles. The highest BCUT2D eigenvalue weighted by Gasteiger charge is 2.22. The maximum absolute atomic E-state index is 11.7. The quantitative estimate of drug-likeness (QED) is 0.838. The van der Waals surface area contributed by atoms with Crippen LogP contribution in [0.1, 0.15) is 18.4 Å². The lowest BCUT2D eigenvalue weighted by atomic mass is 10.2. The van der Waals surface area contributed by atoms with Gasteiger partial charge >= 0.3 is 0 Å². The number of rotatable bonds is 4. The summed E-state index contributed by atoms with van der Waals surface area (Å²) in [4.78, 5) is 0.348. The van der Waals surface area contributed by atoms with E-state index < -0.39 is 10.0 Å². The third kappa shape index (κ3) is 2.36. The van der Waals surface area contributed by atoms with Gasteiger partial charge < -0.3 is 5.32 Å². The molecule has 88 valence electrons. The molecule has 1 fully saturated rings. The molecule has 4 nitrogen and oxygen atoms in total. The summed E-state index contributed by atoms with van der Waals surface area (Å²) in [5.74, 6) is 0. The number of nitrogens with one attached hydrogen (secondary N) is 2. The largest absolute Gasteiger partial charge is 0.382 e. The van der Waals surface area contributed by atoms with Crippen LogP contribution in [0.25, 0.3) is 0 Å². The molecule has 0 spiro atoms. The molecule has 0 radical (unpaired) electrons. The second-order valence-electron chi connectivity index (χ2n) is 4.11. The lowest BCUT2D eigenvalue weighted by Crippen LogP contribution is -2.19. The maximum atomic E-state index is 11.7. The highest BCUT2D eigenvalue weighted by Crippen LogP contribution is 2.27. The zero-order valence-electron chi connectivity index (χ0n) is 9.45. The Kier molecular flexibility index (Phi) is 2.90. The molecule has 1 aliphatic rings. The van der Waals surface area contributed by atoms with E-state index in [9.17, 15) is 8.42 Å². The molecule has 0 amide bonds. The monoisotopic (exact) mass is 240 g/mol. The van der Waals surface area contributed by atoms with Gasteiger partial charge in [0.25, 0.3) is 0 Å². The number of anilines is 1. The van der Waals surface area contributed by atoms with Gasteiger partial charge in [0, 0.05) is 11.7 Å². The van der Waals surface area contributed by atoms with Crippen LogP contribution in [0.2, 0.25) is 0 Å². The zero-order chi connectivity index (χ0) is 11.8. The molecule has 0 aliphatic heterocycles. The van der Waals surface area contributed by atoms with Crippen molar-refractivity contribution in [2.24, 2.45) is 0 Å². The van der Waals surface area contributed by atoms with Gasteiger partial charge in [-0.2, -0.15) is 0 Å². The average Bonchev–Trinajstić information content (AvgIpc) is 3.04. The van der Waals surface area contributed by atoms with Gasteiger partial charge in [-0.25, -0.2) is 13.1 Å². The average molecular weight is 240 g/mol. The molecule has 1 aromatic carbocycles. The molecule has 1 saturated carbocycles. The molecule has 2 N–H and O–H groups in total. The minimum absolute atomic E-state index is 0.348. The van der Waals surface area contributed by atoms with Crippen molar-refractivity contribution in [3.8, 4) is 0 Å². The predicted molar refractivity (Wildman–Crippen MR) is 64.1 cm³/mol. The molecule has 0 atom stereocenters. The molecule has 0 aromatic heterocycles. The highest BCUT2D eigenvalue weighted by molar-refractivity contribution is 7.89. The molecule has 1 aromatic rings. The summed E-state index contributed by atoms with van der Waals surface area (Å²) < 4.78 is 25.8. The van der Waals surface area contributed by atoms with Crippen molar-refractivity contribution in [2.75, 3.05) is 12.4 Å². The van der Waals surface area contributed by atoms with E-state index in [1.807, 2.05) is 12.1 Å². The minimum Gasteiger partial charge on any atom is -0.382 e. The van der Waals surface area contributed by atoms with E-state index in [4.69, 9.17) is 0 Å². The summed E-state index contributed by atoms with van der Waals surface area (Å²) in [6.07, 6.45) is 2.34. The Labute approximate surface area is 96.1 Å². The fraction of sp³-hybridized carbons (Fsp3) is 0.455. The molecular weight excluding hydrogens is 224 g/mol. The van der Waals surface area contributed by atoms with Crippen molar-refractivity contribution in [1.29, 1.82) is 0 Å². The number of hydrogen-bond acceptors (Lipinski definition) is 3. The van der Waals surface area contributed by atoms with Crippen LogP contribution < -0.4 is 10.0 Å². The number of benzene rings is 1. The predicted octanol–water partition coefficient (Wildman–Crippen LogP) is 1.48. The van der Waals surface area contributed by atoms with E-state index in [1.54, 1.807) is 13.0 Å². The van der Waals surface area contributed by atoms with E-state index in [0.29, 0.717) is 10.9 Å². The SMILES string of the molecule is CNS(=O)(=O)c1cc(NC2CC2)ccc1C. The van der Waals surface area contributed by atoms with E-state index in [2.05, 4.69) is 10.0 Å². The fourth-order valence-corrected chi connectivity index (χ4v) is 2.55. The first-order valence-corrected chi connectivity index (χ1v) is 6.82. The fourth-order valence-electron chi connectivity index (χ4n) is 1.55. The van der Waals surface area contributed by atoms with Crippen molar-refractivity contribution in [3.05, 3.63) is 23.8 Å². The minimum atomic E-state index is -3.36. The van der Waals surface area contributed by atoms with Crippen LogP contribution in [-0.2, 0) is 10.0 Å². The summed E-state index contributed by atoms with van der Waals surface area (Å²) in [6.45, 7) is 1.80. The van der Waals surface area contributed by atoms with Crippen molar-refractivity contribution in [1.82, 2.24) is 4.72 Å². The summed E-state index contributed by atoms with van der Waals surface area (Å²) in [6, 6.07) is 5.96. The van der Waals surface area contributed by atoms with E-state index in [1.165, 1.54) is 19.9 Å². The van der Waals surface area contributed by atoms with Crippen molar-refractivity contribution in [3.63, 3.8) is 0 Å². The van der Waals surface area contributed by atoms with Crippen LogP contribution in [0.3, 0.4) is 0 Å². The Morgan fingerprint density at radius 2 is 2.00 bits per heavy atom. The van der Waals surface area contributed by atoms with E-state index in [-0.39, 0.29) is 0 Å². The van der Waals surface area contributed by atoms with Crippen LogP contribution >= 0.6 is 0 Å². The highest BCUT2D eigenvalue weighted by atomic mass is 32.2. The molecule has 0 heterocycles. The van der Waals surface area contributed by atoms with Gasteiger partial charge in [0.1, 0.15) is 0 Å². The third-order valence-electron chi connectivity index (χ3n) is 2.69. The van der Waals surface area contributed by atoms with Gasteiger partial charge in [-0.05, 0) is 44.5 Å². The van der Waals surface area contributed by atoms with Crippen LogP contribution in [-0.4, -0.2) is 21.5 Å². The summed E-state index contributed by atoms with van der Waals surface area (Å²) >= 11 is 0. The molecule has 2 rings (SSSR count). The third-order valence-corrected chi connectivity index (χ3v) is 4.25. The van der Waals surface area contributed by atoms with E-state index in [0.717, 1.165) is 11.3 Å². The Hall–Kier alpha value is -1.07. The lowest BCUT2D eigenvalue weighted by molar-refractivity contribution is 0.587. The van der Waals surface area contributed by atoms with Gasteiger partial charge in [-0.15, -0.1) is 0 Å². The van der Waals surface area contributed by atoms with Crippen LogP contribution in [0.5, 0.6) is 0 Å². The second kappa shape index (κ2) is 4.07. The first-order valence-electron chi connectivity index (χ1n) is 5.33. The zero-order valence-corrected chi connectivity index (χ0v) is 10.3. The number of sulfonamides is 1. The van der Waals surface area contributed by atoms with Crippen molar-refractivity contribution >= 4 is 15.7 Å². The molecule has 1 aliphatic carbocycles. The first-order chi connectivity index (χ1) is 7.53. The van der Waals surface area contributed by atoms with Gasteiger partial charge in [0.15, 0.2) is 0 Å². The Balaban J connectivity index is 2.35. The second-order valence-corrected chi connectivity index (χ2v) is 5.96. The van der Waals surface area contributed by atoms with Crippen LogP contribution in [0.15, 0.2) is 23.1 Å². The first kappa shape index (κ1) is 11.4. The smallest absolute Gasteiger partial charge is 0.240 e. The standard InChI is InChI=1S/C11H16N2O2S/c1-8-3-4-10(13-9-5-6-9)7-11(8)16(14,15)12-2/h3-4,7,9,12-13H,5-6H2,1-2H3. The van der Waals surface area contributed by atoms with E-state index >= 15 is 0 Å². The number of aryl methyl sites for hydroxylation is 1. The van der Waals surface area contributed by atoms with Gasteiger partial charge in [0.05, 0.1) is 4.90 Å². The Morgan fingerprint density at radius 3 is 2.56 bits per heavy atom. The summed E-state index contributed by atoms with van der Waals surface area (Å²) in [5, 5.41) is 3.29. The Morgan fingerprint density at radius 1 is 1.31 bits per heavy atom. The summed E-state index contributed by atoms with van der Waals surface area (Å²) in [5.41, 5.74) is 1.64. The van der Waals surface area contributed by atoms with Gasteiger partial charge in [0.2, 0.25) is 10.0 Å².